The van der Waals surface area contributed by atoms with Crippen molar-refractivity contribution < 1.29 is 37.1 Å². The molecule has 2 aliphatic rings. The molecule has 2 fully saturated rings. The number of likely N-dealkylation sites (tertiary alicyclic amines) is 2. The van der Waals surface area contributed by atoms with E-state index in [1.165, 1.54) is 18.6 Å². The van der Waals surface area contributed by atoms with Gasteiger partial charge in [0, 0.05) is 57.6 Å². The largest absolute Gasteiger partial charge is 0.471 e. The number of carbonyl (C=O) groups excluding carboxylic acids is 5. The smallest absolute Gasteiger partial charge is 0.341 e. The molecule has 60 heavy (non-hydrogen) atoms. The van der Waals surface area contributed by atoms with Crippen LogP contribution in [0.5, 0.6) is 0 Å². The number of piperidine rings is 2. The van der Waals surface area contributed by atoms with Gasteiger partial charge in [-0.25, -0.2) is 9.59 Å². The summed E-state index contributed by atoms with van der Waals surface area (Å²) in [7, 11) is 0. The number of ketones is 2. The van der Waals surface area contributed by atoms with Crippen LogP contribution in [0, 0.1) is 0 Å². The van der Waals surface area contributed by atoms with Gasteiger partial charge in [-0.05, 0) is 86.1 Å². The van der Waals surface area contributed by atoms with Crippen molar-refractivity contribution in [1.29, 1.82) is 0 Å². The summed E-state index contributed by atoms with van der Waals surface area (Å²) in [6, 6.07) is 28.6. The van der Waals surface area contributed by atoms with Gasteiger partial charge in [-0.3, -0.25) is 24.2 Å². The van der Waals surface area contributed by atoms with E-state index in [2.05, 4.69) is 31.9 Å². The molecule has 2 heterocycles. The maximum Gasteiger partial charge on any atom is 0.471 e. The van der Waals surface area contributed by atoms with E-state index in [0.717, 1.165) is 76.6 Å². The number of rotatable bonds is 11. The molecule has 0 spiro atoms. The maximum absolute atomic E-state index is 13.3. The molecule has 6 rings (SSSR count). The third-order valence-corrected chi connectivity index (χ3v) is 11.0. The minimum atomic E-state index is -5.04. The summed E-state index contributed by atoms with van der Waals surface area (Å²) in [6.07, 6.45) is 1.25. The number of anilines is 2. The van der Waals surface area contributed by atoms with Crippen molar-refractivity contribution in [3.63, 3.8) is 0 Å². The number of alkyl halides is 3. The summed E-state index contributed by atoms with van der Waals surface area (Å²) in [6.45, 7) is 2.93. The highest BCUT2D eigenvalue weighted by molar-refractivity contribution is 9.10. The van der Waals surface area contributed by atoms with Crippen LogP contribution in [0.4, 0.5) is 34.1 Å². The van der Waals surface area contributed by atoms with Crippen molar-refractivity contribution in [2.24, 2.45) is 5.73 Å². The monoisotopic (exact) mass is 954 g/mol. The van der Waals surface area contributed by atoms with Crippen molar-refractivity contribution in [1.82, 2.24) is 15.1 Å². The molecule has 4 aromatic carbocycles. The van der Waals surface area contributed by atoms with Crippen LogP contribution in [0.25, 0.3) is 0 Å². The standard InChI is InChI=1S/C23H23BrF3N3O3.C21H24BrN3O2/c24-18-5-4-6-19(13-18)30(22(33)29-11-2-1-3-12-29)15-16-7-9-17(10-8-16)20(31)14-28-21(32)23(25,26)27;22-18-5-4-6-19(13-18)25(21(27)24-11-2-1-3-12-24)15-16-7-9-17(10-8-16)20(26)14-23/h4-10,13H,1-3,11-12,14-15H2,(H,28,32);4-10,13H,1-3,11-12,14-15,23H2. The van der Waals surface area contributed by atoms with Crippen molar-refractivity contribution in [2.45, 2.75) is 57.8 Å². The predicted molar refractivity (Wildman–Crippen MR) is 232 cm³/mol. The van der Waals surface area contributed by atoms with E-state index in [1.54, 1.807) is 39.4 Å². The lowest BCUT2D eigenvalue weighted by atomic mass is 10.1. The Kier molecular flexibility index (Phi) is 16.9. The van der Waals surface area contributed by atoms with Gasteiger partial charge in [0.25, 0.3) is 0 Å². The Balaban J connectivity index is 0.000000232. The molecule has 16 heteroatoms. The Bertz CT molecular complexity index is 2110. The second-order valence-corrected chi connectivity index (χ2v) is 16.2. The zero-order valence-corrected chi connectivity index (χ0v) is 36.1. The highest BCUT2D eigenvalue weighted by Crippen LogP contribution is 2.27. The van der Waals surface area contributed by atoms with Crippen LogP contribution in [-0.4, -0.2) is 84.8 Å². The number of urea groups is 2. The Morgan fingerprint density at radius 3 is 1.37 bits per heavy atom. The summed E-state index contributed by atoms with van der Waals surface area (Å²) in [4.78, 5) is 68.4. The third-order valence-electron chi connectivity index (χ3n) is 10.0. The number of benzene rings is 4. The van der Waals surface area contributed by atoms with Crippen molar-refractivity contribution in [2.75, 3.05) is 49.1 Å². The van der Waals surface area contributed by atoms with Gasteiger partial charge in [-0.15, -0.1) is 0 Å². The van der Waals surface area contributed by atoms with E-state index in [0.29, 0.717) is 25.2 Å². The first kappa shape index (κ1) is 46.0. The first-order valence-corrected chi connectivity index (χ1v) is 21.3. The maximum atomic E-state index is 13.3. The molecule has 2 saturated heterocycles. The highest BCUT2D eigenvalue weighted by atomic mass is 79.9. The molecule has 0 atom stereocenters. The first-order valence-electron chi connectivity index (χ1n) is 19.7. The normalized spacial score (nSPS) is 14.0. The van der Waals surface area contributed by atoms with E-state index in [9.17, 15) is 37.1 Å². The lowest BCUT2D eigenvalue weighted by Gasteiger charge is -2.33. The third kappa shape index (κ3) is 13.2. The molecule has 2 aliphatic heterocycles. The summed E-state index contributed by atoms with van der Waals surface area (Å²) in [5, 5.41) is 1.57. The number of carbonyl (C=O) groups is 5. The van der Waals surface area contributed by atoms with E-state index >= 15 is 0 Å². The van der Waals surface area contributed by atoms with Crippen molar-refractivity contribution in [3.05, 3.63) is 128 Å². The van der Waals surface area contributed by atoms with Crippen LogP contribution in [0.1, 0.15) is 70.4 Å². The minimum absolute atomic E-state index is 0.00302. The first-order chi connectivity index (χ1) is 28.7. The van der Waals surface area contributed by atoms with Gasteiger partial charge >= 0.3 is 24.1 Å². The average Bonchev–Trinajstić information content (AvgIpc) is 3.26. The number of hydrogen-bond acceptors (Lipinski definition) is 6. The van der Waals surface area contributed by atoms with Crippen LogP contribution in [0.15, 0.2) is 106 Å². The topological polar surface area (TPSA) is 136 Å². The summed E-state index contributed by atoms with van der Waals surface area (Å²) < 4.78 is 38.6. The van der Waals surface area contributed by atoms with Gasteiger partial charge in [0.1, 0.15) is 0 Å². The number of nitrogens with two attached hydrogens (primary N) is 1. The fraction of sp³-hybridized carbons (Fsp3) is 0.341. The van der Waals surface area contributed by atoms with Gasteiger partial charge in [0.2, 0.25) is 0 Å². The number of amides is 5. The molecule has 0 unspecified atom stereocenters. The molecule has 318 valence electrons. The Hall–Kier alpha value is -5.06. The van der Waals surface area contributed by atoms with Crippen LogP contribution in [0.2, 0.25) is 0 Å². The Labute approximate surface area is 364 Å². The number of halogens is 5. The SMILES string of the molecule is NCC(=O)c1ccc(CN(C(=O)N2CCCCC2)c2cccc(Br)c2)cc1.O=C(CNC(=O)C(F)(F)F)c1ccc(CN(C(=O)N2CCCCC2)c2cccc(Br)c2)cc1. The Morgan fingerprint density at radius 2 is 1.00 bits per heavy atom. The van der Waals surface area contributed by atoms with Gasteiger partial charge in [-0.1, -0.05) is 92.5 Å². The zero-order chi connectivity index (χ0) is 43.2. The number of hydrogen-bond donors (Lipinski definition) is 2. The predicted octanol–water partition coefficient (Wildman–Crippen LogP) is 9.13. The van der Waals surface area contributed by atoms with Gasteiger partial charge in [-0.2, -0.15) is 13.2 Å². The second kappa shape index (κ2) is 22.0. The summed E-state index contributed by atoms with van der Waals surface area (Å²) in [5.41, 5.74) is 9.46. The van der Waals surface area contributed by atoms with Gasteiger partial charge < -0.3 is 20.9 Å². The molecule has 0 bridgehead atoms. The molecular formula is C44H47Br2F3N6O5. The lowest BCUT2D eigenvalue weighted by molar-refractivity contribution is -0.173. The van der Waals surface area contributed by atoms with Crippen LogP contribution >= 0.6 is 31.9 Å². The average molecular weight is 957 g/mol. The van der Waals surface area contributed by atoms with Crippen molar-refractivity contribution >= 4 is 72.8 Å². The number of nitrogens with zero attached hydrogens (tertiary/aromatic N) is 4. The molecule has 11 nitrogen and oxygen atoms in total. The summed E-state index contributed by atoms with van der Waals surface area (Å²) in [5.74, 6) is -2.89. The van der Waals surface area contributed by atoms with Crippen LogP contribution in [-0.2, 0) is 17.9 Å². The van der Waals surface area contributed by atoms with E-state index < -0.39 is 24.4 Å². The second-order valence-electron chi connectivity index (χ2n) is 14.4. The molecule has 0 radical (unpaired) electrons. The molecule has 3 N–H and O–H groups in total. The highest BCUT2D eigenvalue weighted by Gasteiger charge is 2.38. The molecule has 0 aliphatic carbocycles. The van der Waals surface area contributed by atoms with Crippen LogP contribution < -0.4 is 20.9 Å². The molecule has 0 saturated carbocycles. The molecular weight excluding hydrogens is 909 g/mol. The lowest BCUT2D eigenvalue weighted by Crippen LogP contribution is -2.45. The fourth-order valence-corrected chi connectivity index (χ4v) is 7.55. The minimum Gasteiger partial charge on any atom is -0.341 e. The molecule has 4 aromatic rings. The quantitative estimate of drug-likeness (QED) is 0.144. The van der Waals surface area contributed by atoms with E-state index in [1.807, 2.05) is 70.5 Å². The number of nitrogens with one attached hydrogen (secondary N) is 1. The molecule has 5 amide bonds. The van der Waals surface area contributed by atoms with E-state index in [-0.39, 0.29) is 36.5 Å². The van der Waals surface area contributed by atoms with Crippen LogP contribution in [0.3, 0.4) is 0 Å². The van der Waals surface area contributed by atoms with Gasteiger partial charge in [0.05, 0.1) is 26.2 Å². The fourth-order valence-electron chi connectivity index (χ4n) is 6.78. The van der Waals surface area contributed by atoms with Crippen molar-refractivity contribution in [3.8, 4) is 0 Å². The van der Waals surface area contributed by atoms with E-state index in [4.69, 9.17) is 5.73 Å². The molecule has 0 aromatic heterocycles. The van der Waals surface area contributed by atoms with Gasteiger partial charge in [0.15, 0.2) is 11.6 Å². The Morgan fingerprint density at radius 1 is 0.600 bits per heavy atom. The number of Topliss-reactive ketones (excluding diaryl/α,β-unsaturated/α-hetero) is 2. The summed E-state index contributed by atoms with van der Waals surface area (Å²) >= 11 is 6.93. The zero-order valence-electron chi connectivity index (χ0n) is 32.9.